The van der Waals surface area contributed by atoms with Crippen LogP contribution in [0.3, 0.4) is 0 Å². The highest BCUT2D eigenvalue weighted by atomic mass is 16.5. The summed E-state index contributed by atoms with van der Waals surface area (Å²) in [6.45, 7) is 5.37. The van der Waals surface area contributed by atoms with Crippen LogP contribution in [0.15, 0.2) is 42.5 Å². The average molecular weight is 382 g/mol. The summed E-state index contributed by atoms with van der Waals surface area (Å²) in [4.78, 5) is 35.7. The third-order valence-corrected chi connectivity index (χ3v) is 4.31. The zero-order valence-corrected chi connectivity index (χ0v) is 16.5. The number of hydrogen-bond donors (Lipinski definition) is 2. The van der Waals surface area contributed by atoms with Crippen LogP contribution >= 0.6 is 0 Å². The van der Waals surface area contributed by atoms with E-state index in [4.69, 9.17) is 4.74 Å². The van der Waals surface area contributed by atoms with Crippen LogP contribution in [0.2, 0.25) is 0 Å². The molecule has 0 aliphatic carbocycles. The van der Waals surface area contributed by atoms with Gasteiger partial charge in [0.1, 0.15) is 0 Å². The number of rotatable bonds is 8. The van der Waals surface area contributed by atoms with Gasteiger partial charge in [-0.3, -0.25) is 14.4 Å². The number of ether oxygens (including phenoxy) is 1. The predicted octanol–water partition coefficient (Wildman–Crippen LogP) is 3.90. The van der Waals surface area contributed by atoms with Crippen molar-refractivity contribution < 1.29 is 19.1 Å². The number of amides is 2. The highest BCUT2D eigenvalue weighted by Gasteiger charge is 2.11. The van der Waals surface area contributed by atoms with Crippen molar-refractivity contribution in [1.29, 1.82) is 0 Å². The van der Waals surface area contributed by atoms with Crippen LogP contribution in [0.1, 0.15) is 36.0 Å². The SMILES string of the molecule is Cc1ccccc1NC(=O)CCCC(=O)OCC(=O)Nc1c(C)cccc1C. The van der Waals surface area contributed by atoms with Crippen molar-refractivity contribution in [3.05, 3.63) is 59.2 Å². The Morgan fingerprint density at radius 2 is 1.43 bits per heavy atom. The number of aryl methyl sites for hydroxylation is 3. The van der Waals surface area contributed by atoms with E-state index in [2.05, 4.69) is 10.6 Å². The Morgan fingerprint density at radius 1 is 0.786 bits per heavy atom. The molecular formula is C22H26N2O4. The first kappa shape index (κ1) is 21.2. The van der Waals surface area contributed by atoms with Gasteiger partial charge in [0.05, 0.1) is 0 Å². The molecule has 0 atom stereocenters. The Hall–Kier alpha value is -3.15. The van der Waals surface area contributed by atoms with Gasteiger partial charge in [0.25, 0.3) is 5.91 Å². The number of carbonyl (C=O) groups excluding carboxylic acids is 3. The van der Waals surface area contributed by atoms with Gasteiger partial charge in [-0.1, -0.05) is 36.4 Å². The summed E-state index contributed by atoms with van der Waals surface area (Å²) in [5.41, 5.74) is 4.36. The first-order valence-electron chi connectivity index (χ1n) is 9.24. The smallest absolute Gasteiger partial charge is 0.306 e. The fourth-order valence-electron chi connectivity index (χ4n) is 2.72. The van der Waals surface area contributed by atoms with E-state index in [9.17, 15) is 14.4 Å². The largest absolute Gasteiger partial charge is 0.456 e. The van der Waals surface area contributed by atoms with Crippen LogP contribution in [0.25, 0.3) is 0 Å². The van der Waals surface area contributed by atoms with Crippen molar-refractivity contribution in [2.24, 2.45) is 0 Å². The van der Waals surface area contributed by atoms with E-state index >= 15 is 0 Å². The molecule has 0 saturated carbocycles. The number of nitrogens with one attached hydrogen (secondary N) is 2. The minimum absolute atomic E-state index is 0.0812. The number of para-hydroxylation sites is 2. The normalized spacial score (nSPS) is 10.2. The molecule has 0 aliphatic rings. The summed E-state index contributed by atoms with van der Waals surface area (Å²) in [6, 6.07) is 13.2. The molecule has 0 aliphatic heterocycles. The van der Waals surface area contributed by atoms with Gasteiger partial charge in [0, 0.05) is 24.2 Å². The Labute approximate surface area is 165 Å². The van der Waals surface area contributed by atoms with E-state index in [0.717, 1.165) is 28.1 Å². The number of carbonyl (C=O) groups is 3. The van der Waals surface area contributed by atoms with E-state index in [0.29, 0.717) is 6.42 Å². The summed E-state index contributed by atoms with van der Waals surface area (Å²) >= 11 is 0. The molecule has 2 amide bonds. The second-order valence-corrected chi connectivity index (χ2v) is 6.69. The van der Waals surface area contributed by atoms with Gasteiger partial charge in [0.2, 0.25) is 5.91 Å². The first-order valence-corrected chi connectivity index (χ1v) is 9.24. The van der Waals surface area contributed by atoms with Crippen molar-refractivity contribution >= 4 is 29.2 Å². The molecule has 2 aromatic carbocycles. The number of benzene rings is 2. The zero-order chi connectivity index (χ0) is 20.5. The zero-order valence-electron chi connectivity index (χ0n) is 16.5. The maximum Gasteiger partial charge on any atom is 0.306 e. The molecule has 0 spiro atoms. The van der Waals surface area contributed by atoms with Crippen LogP contribution < -0.4 is 10.6 Å². The molecule has 2 aromatic rings. The summed E-state index contributed by atoms with van der Waals surface area (Å²) in [7, 11) is 0. The third-order valence-electron chi connectivity index (χ3n) is 4.31. The summed E-state index contributed by atoms with van der Waals surface area (Å²) in [5.74, 6) is -1.04. The van der Waals surface area contributed by atoms with E-state index in [1.165, 1.54) is 0 Å². The Bertz CT molecular complexity index is 841. The van der Waals surface area contributed by atoms with Gasteiger partial charge in [-0.2, -0.15) is 0 Å². The Kier molecular flexibility index (Phi) is 7.75. The molecule has 0 saturated heterocycles. The molecule has 0 heterocycles. The summed E-state index contributed by atoms with van der Waals surface area (Å²) in [5, 5.41) is 5.58. The van der Waals surface area contributed by atoms with E-state index < -0.39 is 5.97 Å². The molecule has 6 nitrogen and oxygen atoms in total. The number of hydrogen-bond acceptors (Lipinski definition) is 4. The van der Waals surface area contributed by atoms with Crippen molar-refractivity contribution in [2.75, 3.05) is 17.2 Å². The molecule has 28 heavy (non-hydrogen) atoms. The molecule has 2 rings (SSSR count). The van der Waals surface area contributed by atoms with Crippen molar-refractivity contribution in [1.82, 2.24) is 0 Å². The van der Waals surface area contributed by atoms with Gasteiger partial charge in [-0.15, -0.1) is 0 Å². The van der Waals surface area contributed by atoms with Gasteiger partial charge in [-0.25, -0.2) is 0 Å². The van der Waals surface area contributed by atoms with Crippen LogP contribution in [-0.2, 0) is 19.1 Å². The highest BCUT2D eigenvalue weighted by molar-refractivity contribution is 5.94. The quantitative estimate of drug-likeness (QED) is 0.678. The van der Waals surface area contributed by atoms with E-state index in [-0.39, 0.29) is 31.3 Å². The summed E-state index contributed by atoms with van der Waals surface area (Å²) in [6.07, 6.45) is 0.644. The van der Waals surface area contributed by atoms with Crippen LogP contribution in [0, 0.1) is 20.8 Å². The minimum atomic E-state index is -0.500. The third kappa shape index (κ3) is 6.54. The second kappa shape index (κ2) is 10.3. The fourth-order valence-corrected chi connectivity index (χ4v) is 2.72. The number of esters is 1. The average Bonchev–Trinajstić information content (AvgIpc) is 2.65. The molecule has 0 fully saturated rings. The lowest BCUT2D eigenvalue weighted by molar-refractivity contribution is -0.147. The Balaban J connectivity index is 1.68. The lowest BCUT2D eigenvalue weighted by atomic mass is 10.1. The van der Waals surface area contributed by atoms with Gasteiger partial charge in [0.15, 0.2) is 6.61 Å². The lowest BCUT2D eigenvalue weighted by Gasteiger charge is -2.11. The van der Waals surface area contributed by atoms with Gasteiger partial charge < -0.3 is 15.4 Å². The van der Waals surface area contributed by atoms with Crippen LogP contribution in [0.4, 0.5) is 11.4 Å². The van der Waals surface area contributed by atoms with Crippen molar-refractivity contribution in [3.63, 3.8) is 0 Å². The summed E-state index contributed by atoms with van der Waals surface area (Å²) < 4.78 is 4.99. The fraction of sp³-hybridized carbons (Fsp3) is 0.318. The first-order chi connectivity index (χ1) is 13.4. The maximum absolute atomic E-state index is 12.0. The lowest BCUT2D eigenvalue weighted by Crippen LogP contribution is -2.22. The van der Waals surface area contributed by atoms with Crippen molar-refractivity contribution in [3.8, 4) is 0 Å². The molecule has 0 aromatic heterocycles. The predicted molar refractivity (Wildman–Crippen MR) is 109 cm³/mol. The molecule has 0 bridgehead atoms. The molecular weight excluding hydrogens is 356 g/mol. The molecule has 0 radical (unpaired) electrons. The minimum Gasteiger partial charge on any atom is -0.456 e. The second-order valence-electron chi connectivity index (χ2n) is 6.69. The van der Waals surface area contributed by atoms with E-state index in [1.54, 1.807) is 0 Å². The monoisotopic (exact) mass is 382 g/mol. The molecule has 0 unspecified atom stereocenters. The van der Waals surface area contributed by atoms with Gasteiger partial charge >= 0.3 is 5.97 Å². The molecule has 148 valence electrons. The highest BCUT2D eigenvalue weighted by Crippen LogP contribution is 2.19. The van der Waals surface area contributed by atoms with Gasteiger partial charge in [-0.05, 0) is 49.9 Å². The standard InChI is InChI=1S/C22H26N2O4/c1-15-8-4-5-11-18(15)23-19(25)12-7-13-21(27)28-14-20(26)24-22-16(2)9-6-10-17(22)3/h4-6,8-11H,7,12-14H2,1-3H3,(H,23,25)(H,24,26). The molecule has 6 heteroatoms. The number of anilines is 2. The van der Waals surface area contributed by atoms with Crippen molar-refractivity contribution in [2.45, 2.75) is 40.0 Å². The Morgan fingerprint density at radius 3 is 2.11 bits per heavy atom. The topological polar surface area (TPSA) is 84.5 Å². The van der Waals surface area contributed by atoms with Crippen LogP contribution in [0.5, 0.6) is 0 Å². The molecule has 2 N–H and O–H groups in total. The van der Waals surface area contributed by atoms with E-state index in [1.807, 2.05) is 63.2 Å². The maximum atomic E-state index is 12.0. The van der Waals surface area contributed by atoms with Crippen LogP contribution in [-0.4, -0.2) is 24.4 Å².